The van der Waals surface area contributed by atoms with Gasteiger partial charge in [0.1, 0.15) is 0 Å². The third-order valence-corrected chi connectivity index (χ3v) is 4.38. The molecule has 1 aliphatic heterocycles. The Kier molecular flexibility index (Phi) is 3.33. The third kappa shape index (κ3) is 2.67. The normalized spacial score (nSPS) is 14.9. The molecule has 0 atom stereocenters. The molecule has 0 bridgehead atoms. The lowest BCUT2D eigenvalue weighted by Gasteiger charge is -2.25. The van der Waals surface area contributed by atoms with Crippen molar-refractivity contribution in [3.05, 3.63) is 51.0 Å². The molecule has 1 aromatic carbocycles. The van der Waals surface area contributed by atoms with Crippen molar-refractivity contribution in [2.45, 2.75) is 26.4 Å². The summed E-state index contributed by atoms with van der Waals surface area (Å²) >= 11 is 1.81. The third-order valence-electron chi connectivity index (χ3n) is 3.38. The first-order chi connectivity index (χ1) is 9.24. The highest BCUT2D eigenvalue weighted by atomic mass is 32.1. The first-order valence-electron chi connectivity index (χ1n) is 6.41. The SMILES string of the molecule is Cc1nc2c(s1)CN(Cc1cccc(C#N)c1)CC2. The van der Waals surface area contributed by atoms with Gasteiger partial charge < -0.3 is 0 Å². The van der Waals surface area contributed by atoms with Crippen LogP contribution in [0.25, 0.3) is 0 Å². The number of fused-ring (bicyclic) bond motifs is 1. The number of aromatic nitrogens is 1. The summed E-state index contributed by atoms with van der Waals surface area (Å²) in [7, 11) is 0. The van der Waals surface area contributed by atoms with Crippen LogP contribution in [-0.4, -0.2) is 16.4 Å². The van der Waals surface area contributed by atoms with E-state index in [9.17, 15) is 0 Å². The fraction of sp³-hybridized carbons (Fsp3) is 0.333. The topological polar surface area (TPSA) is 39.9 Å². The summed E-state index contributed by atoms with van der Waals surface area (Å²) in [5.41, 5.74) is 3.23. The van der Waals surface area contributed by atoms with Gasteiger partial charge in [-0.25, -0.2) is 4.98 Å². The number of nitriles is 1. The largest absolute Gasteiger partial charge is 0.294 e. The van der Waals surface area contributed by atoms with Crippen LogP contribution in [0.3, 0.4) is 0 Å². The highest BCUT2D eigenvalue weighted by Crippen LogP contribution is 2.25. The highest BCUT2D eigenvalue weighted by molar-refractivity contribution is 7.11. The molecule has 0 saturated carbocycles. The van der Waals surface area contributed by atoms with Crippen LogP contribution < -0.4 is 0 Å². The van der Waals surface area contributed by atoms with Crippen molar-refractivity contribution in [1.82, 2.24) is 9.88 Å². The van der Waals surface area contributed by atoms with Gasteiger partial charge in [0.15, 0.2) is 0 Å². The van der Waals surface area contributed by atoms with Gasteiger partial charge in [0, 0.05) is 30.9 Å². The summed E-state index contributed by atoms with van der Waals surface area (Å²) in [6, 6.07) is 10.1. The molecule has 4 heteroatoms. The Bertz CT molecular complexity index is 639. The van der Waals surface area contributed by atoms with E-state index >= 15 is 0 Å². The lowest BCUT2D eigenvalue weighted by Crippen LogP contribution is -2.29. The van der Waals surface area contributed by atoms with Gasteiger partial charge >= 0.3 is 0 Å². The Morgan fingerprint density at radius 1 is 1.47 bits per heavy atom. The fourth-order valence-electron chi connectivity index (χ4n) is 2.51. The Morgan fingerprint density at radius 3 is 3.21 bits per heavy atom. The molecule has 2 heterocycles. The van der Waals surface area contributed by atoms with Crippen LogP contribution in [0.4, 0.5) is 0 Å². The van der Waals surface area contributed by atoms with E-state index in [1.54, 1.807) is 0 Å². The summed E-state index contributed by atoms with van der Waals surface area (Å²) < 4.78 is 0. The molecule has 0 saturated heterocycles. The first kappa shape index (κ1) is 12.3. The minimum Gasteiger partial charge on any atom is -0.294 e. The molecule has 1 aliphatic rings. The average Bonchev–Trinajstić information content (AvgIpc) is 2.78. The van der Waals surface area contributed by atoms with Crippen LogP contribution in [0.2, 0.25) is 0 Å². The maximum absolute atomic E-state index is 8.93. The second-order valence-corrected chi connectivity index (χ2v) is 6.16. The van der Waals surface area contributed by atoms with E-state index in [-0.39, 0.29) is 0 Å². The molecule has 0 radical (unpaired) electrons. The quantitative estimate of drug-likeness (QED) is 0.841. The van der Waals surface area contributed by atoms with E-state index in [1.165, 1.54) is 21.1 Å². The van der Waals surface area contributed by atoms with Crippen LogP contribution in [0, 0.1) is 18.3 Å². The summed E-state index contributed by atoms with van der Waals surface area (Å²) in [5.74, 6) is 0. The van der Waals surface area contributed by atoms with Crippen LogP contribution in [0.1, 0.15) is 26.7 Å². The van der Waals surface area contributed by atoms with Crippen molar-refractivity contribution >= 4 is 11.3 Å². The number of aryl methyl sites for hydroxylation is 1. The van der Waals surface area contributed by atoms with Gasteiger partial charge in [-0.3, -0.25) is 4.90 Å². The molecule has 0 aliphatic carbocycles. The second-order valence-electron chi connectivity index (χ2n) is 4.88. The zero-order chi connectivity index (χ0) is 13.2. The van der Waals surface area contributed by atoms with Crippen molar-refractivity contribution in [2.75, 3.05) is 6.54 Å². The minimum atomic E-state index is 0.740. The van der Waals surface area contributed by atoms with Crippen molar-refractivity contribution in [3.63, 3.8) is 0 Å². The van der Waals surface area contributed by atoms with Crippen molar-refractivity contribution in [2.24, 2.45) is 0 Å². The van der Waals surface area contributed by atoms with Crippen molar-refractivity contribution in [3.8, 4) is 6.07 Å². The maximum Gasteiger partial charge on any atom is 0.0991 e. The second kappa shape index (κ2) is 5.12. The predicted octanol–water partition coefficient (Wildman–Crippen LogP) is 2.88. The zero-order valence-corrected chi connectivity index (χ0v) is 11.7. The van der Waals surface area contributed by atoms with Crippen molar-refractivity contribution < 1.29 is 0 Å². The summed E-state index contributed by atoms with van der Waals surface area (Å²) in [6.45, 7) is 5.01. The molecule has 3 rings (SSSR count). The molecule has 0 spiro atoms. The Hall–Kier alpha value is -1.70. The standard InChI is InChI=1S/C15H15N3S/c1-11-17-14-5-6-18(10-15(14)19-11)9-13-4-2-3-12(7-13)8-16/h2-4,7H,5-6,9-10H2,1H3. The average molecular weight is 269 g/mol. The predicted molar refractivity (Wildman–Crippen MR) is 75.8 cm³/mol. The molecule has 19 heavy (non-hydrogen) atoms. The van der Waals surface area contributed by atoms with Crippen molar-refractivity contribution in [1.29, 1.82) is 5.26 Å². The number of thiazole rings is 1. The molecule has 0 unspecified atom stereocenters. The molecule has 0 amide bonds. The first-order valence-corrected chi connectivity index (χ1v) is 7.23. The van der Waals surface area contributed by atoms with Crippen LogP contribution in [0.5, 0.6) is 0 Å². The molecular formula is C15H15N3S. The van der Waals surface area contributed by atoms with Crippen LogP contribution in [-0.2, 0) is 19.5 Å². The zero-order valence-electron chi connectivity index (χ0n) is 10.9. The highest BCUT2D eigenvalue weighted by Gasteiger charge is 2.19. The monoisotopic (exact) mass is 269 g/mol. The lowest BCUT2D eigenvalue weighted by molar-refractivity contribution is 0.247. The molecule has 0 fully saturated rings. The van der Waals surface area contributed by atoms with Gasteiger partial charge in [-0.2, -0.15) is 5.26 Å². The molecule has 3 nitrogen and oxygen atoms in total. The molecule has 96 valence electrons. The van der Waals surface area contributed by atoms with E-state index in [4.69, 9.17) is 5.26 Å². The number of benzene rings is 1. The summed E-state index contributed by atoms with van der Waals surface area (Å²) in [4.78, 5) is 8.40. The van der Waals surface area contributed by atoms with Gasteiger partial charge in [-0.1, -0.05) is 12.1 Å². The maximum atomic E-state index is 8.93. The smallest absolute Gasteiger partial charge is 0.0991 e. The Morgan fingerprint density at radius 2 is 2.37 bits per heavy atom. The van der Waals surface area contributed by atoms with Gasteiger partial charge in [0.25, 0.3) is 0 Å². The number of hydrogen-bond acceptors (Lipinski definition) is 4. The van der Waals surface area contributed by atoms with Crippen LogP contribution in [0.15, 0.2) is 24.3 Å². The summed E-state index contributed by atoms with van der Waals surface area (Å²) in [5, 5.41) is 10.1. The number of rotatable bonds is 2. The van der Waals surface area contributed by atoms with E-state index in [0.717, 1.165) is 31.6 Å². The fourth-order valence-corrected chi connectivity index (χ4v) is 3.53. The Balaban J connectivity index is 1.73. The lowest BCUT2D eigenvalue weighted by atomic mass is 10.1. The van der Waals surface area contributed by atoms with E-state index in [1.807, 2.05) is 29.5 Å². The number of hydrogen-bond donors (Lipinski definition) is 0. The minimum absolute atomic E-state index is 0.740. The van der Waals surface area contributed by atoms with Gasteiger partial charge in [0.2, 0.25) is 0 Å². The molecule has 2 aromatic rings. The summed E-state index contributed by atoms with van der Waals surface area (Å²) in [6.07, 6.45) is 1.04. The number of nitrogens with zero attached hydrogens (tertiary/aromatic N) is 3. The van der Waals surface area contributed by atoms with Crippen LogP contribution >= 0.6 is 11.3 Å². The van der Waals surface area contributed by atoms with E-state index < -0.39 is 0 Å². The van der Waals surface area contributed by atoms with E-state index in [0.29, 0.717) is 0 Å². The molecular weight excluding hydrogens is 254 g/mol. The van der Waals surface area contributed by atoms with Gasteiger partial charge in [-0.15, -0.1) is 11.3 Å². The molecule has 0 N–H and O–H groups in total. The van der Waals surface area contributed by atoms with Gasteiger partial charge in [0.05, 0.1) is 22.3 Å². The van der Waals surface area contributed by atoms with E-state index in [2.05, 4.69) is 28.9 Å². The van der Waals surface area contributed by atoms with Gasteiger partial charge in [-0.05, 0) is 24.6 Å². The molecule has 1 aromatic heterocycles. The Labute approximate surface area is 117 Å².